The lowest BCUT2D eigenvalue weighted by atomic mass is 10.1. The first-order valence-electron chi connectivity index (χ1n) is 7.57. The van der Waals surface area contributed by atoms with Gasteiger partial charge < -0.3 is 10.1 Å². The van der Waals surface area contributed by atoms with Crippen molar-refractivity contribution in [2.75, 3.05) is 6.61 Å². The summed E-state index contributed by atoms with van der Waals surface area (Å²) >= 11 is 0. The highest BCUT2D eigenvalue weighted by molar-refractivity contribution is 5.27. The summed E-state index contributed by atoms with van der Waals surface area (Å²) in [4.78, 5) is 0. The minimum Gasteiger partial charge on any atom is -0.494 e. The second-order valence-electron chi connectivity index (χ2n) is 5.76. The third-order valence-electron chi connectivity index (χ3n) is 3.17. The van der Waals surface area contributed by atoms with Gasteiger partial charge in [-0.05, 0) is 43.4 Å². The minimum absolute atomic E-state index is 0.570. The summed E-state index contributed by atoms with van der Waals surface area (Å²) < 4.78 is 5.66. The lowest BCUT2D eigenvalue weighted by molar-refractivity contribution is 0.309. The molecule has 0 bridgehead atoms. The van der Waals surface area contributed by atoms with Gasteiger partial charge in [-0.15, -0.1) is 0 Å². The molecule has 1 atom stereocenters. The Labute approximate surface area is 118 Å². The summed E-state index contributed by atoms with van der Waals surface area (Å²) in [5.74, 6) is 1.73. The van der Waals surface area contributed by atoms with Crippen molar-refractivity contribution in [1.29, 1.82) is 0 Å². The number of ether oxygens (including phenoxy) is 1. The zero-order valence-corrected chi connectivity index (χ0v) is 12.9. The Morgan fingerprint density at radius 3 is 2.37 bits per heavy atom. The fourth-order valence-electron chi connectivity index (χ4n) is 2.12. The molecule has 0 aliphatic heterocycles. The molecule has 0 heterocycles. The third kappa shape index (κ3) is 7.22. The Balaban J connectivity index is 2.31. The predicted octanol–water partition coefficient (Wildman–Crippen LogP) is 4.39. The molecule has 1 rings (SSSR count). The van der Waals surface area contributed by atoms with Crippen LogP contribution in [0, 0.1) is 5.92 Å². The molecular formula is C17H29NO. The Bertz CT molecular complexity index is 332. The second kappa shape index (κ2) is 8.98. The van der Waals surface area contributed by atoms with E-state index in [-0.39, 0.29) is 0 Å². The van der Waals surface area contributed by atoms with Gasteiger partial charge in [-0.2, -0.15) is 0 Å². The van der Waals surface area contributed by atoms with Gasteiger partial charge in [-0.25, -0.2) is 0 Å². The topological polar surface area (TPSA) is 21.3 Å². The molecule has 19 heavy (non-hydrogen) atoms. The van der Waals surface area contributed by atoms with Gasteiger partial charge in [0.25, 0.3) is 0 Å². The molecule has 108 valence electrons. The summed E-state index contributed by atoms with van der Waals surface area (Å²) in [6, 6.07) is 9.01. The van der Waals surface area contributed by atoms with Gasteiger partial charge in [0, 0.05) is 12.6 Å². The van der Waals surface area contributed by atoms with E-state index >= 15 is 0 Å². The third-order valence-corrected chi connectivity index (χ3v) is 3.17. The second-order valence-corrected chi connectivity index (χ2v) is 5.76. The van der Waals surface area contributed by atoms with Crippen LogP contribution < -0.4 is 10.1 Å². The van der Waals surface area contributed by atoms with E-state index in [1.165, 1.54) is 18.4 Å². The smallest absolute Gasteiger partial charge is 0.119 e. The van der Waals surface area contributed by atoms with Crippen LogP contribution in [0.5, 0.6) is 5.75 Å². The Hall–Kier alpha value is -1.02. The van der Waals surface area contributed by atoms with E-state index in [1.54, 1.807) is 0 Å². The van der Waals surface area contributed by atoms with Crippen LogP contribution in [-0.4, -0.2) is 12.6 Å². The van der Waals surface area contributed by atoms with Crippen LogP contribution in [0.25, 0.3) is 0 Å². The van der Waals surface area contributed by atoms with Crippen molar-refractivity contribution in [3.8, 4) is 5.75 Å². The van der Waals surface area contributed by atoms with Crippen LogP contribution in [0.1, 0.15) is 52.5 Å². The molecule has 0 saturated heterocycles. The SMILES string of the molecule is CCCCOc1ccc(CNC(C)CC(C)C)cc1. The summed E-state index contributed by atoms with van der Waals surface area (Å²) in [5.41, 5.74) is 1.32. The normalized spacial score (nSPS) is 12.7. The monoisotopic (exact) mass is 263 g/mol. The van der Waals surface area contributed by atoms with Gasteiger partial charge in [-0.1, -0.05) is 39.3 Å². The molecule has 0 fully saturated rings. The zero-order chi connectivity index (χ0) is 14.1. The van der Waals surface area contributed by atoms with E-state index in [2.05, 4.69) is 57.3 Å². The molecule has 0 spiro atoms. The average Bonchev–Trinajstić information content (AvgIpc) is 2.37. The van der Waals surface area contributed by atoms with Crippen molar-refractivity contribution in [3.05, 3.63) is 29.8 Å². The van der Waals surface area contributed by atoms with Crippen molar-refractivity contribution < 1.29 is 4.74 Å². The summed E-state index contributed by atoms with van der Waals surface area (Å²) in [6.45, 7) is 10.7. The van der Waals surface area contributed by atoms with Gasteiger partial charge in [0.1, 0.15) is 5.75 Å². The molecule has 0 aliphatic rings. The molecular weight excluding hydrogens is 234 g/mol. The van der Waals surface area contributed by atoms with E-state index < -0.39 is 0 Å². The highest BCUT2D eigenvalue weighted by Gasteiger charge is 2.04. The van der Waals surface area contributed by atoms with Gasteiger partial charge in [0.2, 0.25) is 0 Å². The summed E-state index contributed by atoms with van der Waals surface area (Å²) in [7, 11) is 0. The van der Waals surface area contributed by atoms with Crippen molar-refractivity contribution in [2.45, 2.75) is 59.5 Å². The van der Waals surface area contributed by atoms with Gasteiger partial charge in [0.05, 0.1) is 6.61 Å². The van der Waals surface area contributed by atoms with Crippen LogP contribution >= 0.6 is 0 Å². The Morgan fingerprint density at radius 1 is 1.11 bits per heavy atom. The van der Waals surface area contributed by atoms with Crippen LogP contribution in [0.3, 0.4) is 0 Å². The minimum atomic E-state index is 0.570. The number of hydrogen-bond donors (Lipinski definition) is 1. The van der Waals surface area contributed by atoms with E-state index in [1.807, 2.05) is 0 Å². The van der Waals surface area contributed by atoms with Crippen LogP contribution in [-0.2, 0) is 6.54 Å². The molecule has 1 N–H and O–H groups in total. The maximum Gasteiger partial charge on any atom is 0.119 e. The van der Waals surface area contributed by atoms with Crippen LogP contribution in [0.4, 0.5) is 0 Å². The maximum absolute atomic E-state index is 5.66. The molecule has 0 radical (unpaired) electrons. The van der Waals surface area contributed by atoms with Crippen LogP contribution in [0.15, 0.2) is 24.3 Å². The number of nitrogens with one attached hydrogen (secondary N) is 1. The van der Waals surface area contributed by atoms with E-state index in [4.69, 9.17) is 4.74 Å². The highest BCUT2D eigenvalue weighted by atomic mass is 16.5. The molecule has 2 heteroatoms. The summed E-state index contributed by atoms with van der Waals surface area (Å²) in [5, 5.41) is 3.56. The van der Waals surface area contributed by atoms with E-state index in [0.717, 1.165) is 31.2 Å². The Morgan fingerprint density at radius 2 is 1.79 bits per heavy atom. The molecule has 1 aromatic rings. The lowest BCUT2D eigenvalue weighted by Crippen LogP contribution is -2.26. The quantitative estimate of drug-likeness (QED) is 0.667. The number of hydrogen-bond acceptors (Lipinski definition) is 2. The standard InChI is InChI=1S/C17H29NO/c1-5-6-11-19-17-9-7-16(8-10-17)13-18-15(4)12-14(2)3/h7-10,14-15,18H,5-6,11-13H2,1-4H3. The van der Waals surface area contributed by atoms with E-state index in [9.17, 15) is 0 Å². The largest absolute Gasteiger partial charge is 0.494 e. The maximum atomic E-state index is 5.66. The van der Waals surface area contributed by atoms with Crippen molar-refractivity contribution in [2.24, 2.45) is 5.92 Å². The molecule has 2 nitrogen and oxygen atoms in total. The average molecular weight is 263 g/mol. The molecule has 0 aromatic heterocycles. The number of rotatable bonds is 9. The first-order chi connectivity index (χ1) is 9.11. The number of unbranched alkanes of at least 4 members (excludes halogenated alkanes) is 1. The first kappa shape index (κ1) is 16.0. The first-order valence-corrected chi connectivity index (χ1v) is 7.57. The fourth-order valence-corrected chi connectivity index (χ4v) is 2.12. The van der Waals surface area contributed by atoms with Gasteiger partial charge in [0.15, 0.2) is 0 Å². The molecule has 1 aromatic carbocycles. The van der Waals surface area contributed by atoms with Crippen molar-refractivity contribution >= 4 is 0 Å². The van der Waals surface area contributed by atoms with Gasteiger partial charge >= 0.3 is 0 Å². The highest BCUT2D eigenvalue weighted by Crippen LogP contribution is 2.13. The van der Waals surface area contributed by atoms with Crippen LogP contribution in [0.2, 0.25) is 0 Å². The Kier molecular flexibility index (Phi) is 7.57. The van der Waals surface area contributed by atoms with Crippen molar-refractivity contribution in [1.82, 2.24) is 5.32 Å². The van der Waals surface area contributed by atoms with E-state index in [0.29, 0.717) is 6.04 Å². The molecule has 0 aliphatic carbocycles. The van der Waals surface area contributed by atoms with Crippen molar-refractivity contribution in [3.63, 3.8) is 0 Å². The summed E-state index contributed by atoms with van der Waals surface area (Å²) in [6.07, 6.45) is 3.52. The molecule has 1 unspecified atom stereocenters. The van der Waals surface area contributed by atoms with Gasteiger partial charge in [-0.3, -0.25) is 0 Å². The number of benzene rings is 1. The fraction of sp³-hybridized carbons (Fsp3) is 0.647. The molecule has 0 saturated carbocycles. The zero-order valence-electron chi connectivity index (χ0n) is 12.9. The lowest BCUT2D eigenvalue weighted by Gasteiger charge is -2.16. The molecule has 0 amide bonds. The predicted molar refractivity (Wildman–Crippen MR) is 82.6 cm³/mol.